The number of halogens is 1. The molecule has 0 aliphatic carbocycles. The fourth-order valence-corrected chi connectivity index (χ4v) is 7.88. The van der Waals surface area contributed by atoms with E-state index in [0.29, 0.717) is 40.9 Å². The average molecular weight is 615 g/mol. The number of thiophene rings is 1. The molecule has 3 amide bonds. The van der Waals surface area contributed by atoms with Gasteiger partial charge in [0.1, 0.15) is 12.1 Å². The average Bonchev–Trinajstić information content (AvgIpc) is 3.51. The van der Waals surface area contributed by atoms with Crippen LogP contribution in [-0.4, -0.2) is 73.5 Å². The van der Waals surface area contributed by atoms with E-state index in [9.17, 15) is 33.1 Å². The van der Waals surface area contributed by atoms with E-state index in [1.165, 1.54) is 24.3 Å². The molecule has 0 saturated carbocycles. The maximum absolute atomic E-state index is 14.2. The van der Waals surface area contributed by atoms with Crippen LogP contribution in [0.5, 0.6) is 0 Å². The number of aromatic nitrogens is 1. The van der Waals surface area contributed by atoms with Crippen LogP contribution in [0.25, 0.3) is 10.1 Å². The lowest BCUT2D eigenvalue weighted by Gasteiger charge is -2.42. The summed E-state index contributed by atoms with van der Waals surface area (Å²) >= 11 is 1.15. The van der Waals surface area contributed by atoms with Crippen LogP contribution in [0.4, 0.5) is 4.39 Å². The van der Waals surface area contributed by atoms with Crippen molar-refractivity contribution in [2.24, 2.45) is 0 Å². The SMILES string of the molecule is Cc1cc(C2CN(C(=O)[C@@H]3CC[C@@H]4CCC[C@H](NC(=O)c5cc6cc(C(F)P(=O)(O)O)ccc6s5)C(=O)N43)C2)ccn1. The van der Waals surface area contributed by atoms with Crippen molar-refractivity contribution in [2.45, 2.75) is 69.0 Å². The third-order valence-corrected chi connectivity index (χ3v) is 10.6. The van der Waals surface area contributed by atoms with E-state index < -0.39 is 31.5 Å². The van der Waals surface area contributed by atoms with Gasteiger partial charge in [-0.15, -0.1) is 11.3 Å². The molecule has 5 heterocycles. The molecular formula is C29H32FN4O6PS. The van der Waals surface area contributed by atoms with Gasteiger partial charge >= 0.3 is 7.60 Å². The summed E-state index contributed by atoms with van der Waals surface area (Å²) in [5.41, 5.74) is 1.93. The number of pyridine rings is 1. The van der Waals surface area contributed by atoms with Crippen molar-refractivity contribution < 1.29 is 33.1 Å². The molecule has 1 aromatic carbocycles. The smallest absolute Gasteiger partial charge is 0.340 e. The van der Waals surface area contributed by atoms with Crippen molar-refractivity contribution in [2.75, 3.05) is 13.1 Å². The minimum absolute atomic E-state index is 0.0290. The molecule has 0 radical (unpaired) electrons. The predicted molar refractivity (Wildman–Crippen MR) is 155 cm³/mol. The van der Waals surface area contributed by atoms with Crippen LogP contribution < -0.4 is 5.32 Å². The minimum atomic E-state index is -4.96. The Kier molecular flexibility index (Phi) is 7.67. The Labute approximate surface area is 246 Å². The molecule has 3 aliphatic rings. The highest BCUT2D eigenvalue weighted by atomic mass is 32.1. The number of carbonyl (C=O) groups excluding carboxylic acids is 3. The second-order valence-electron chi connectivity index (χ2n) is 11.5. The molecule has 42 heavy (non-hydrogen) atoms. The highest BCUT2D eigenvalue weighted by Gasteiger charge is 2.47. The van der Waals surface area contributed by atoms with E-state index in [-0.39, 0.29) is 29.3 Å². The van der Waals surface area contributed by atoms with Gasteiger partial charge in [0, 0.05) is 41.6 Å². The highest BCUT2D eigenvalue weighted by Crippen LogP contribution is 2.53. The summed E-state index contributed by atoms with van der Waals surface area (Å²) in [4.78, 5) is 67.0. The number of amides is 3. The number of fused-ring (bicyclic) bond motifs is 2. The lowest BCUT2D eigenvalue weighted by Crippen LogP contribution is -2.58. The van der Waals surface area contributed by atoms with Crippen molar-refractivity contribution in [1.29, 1.82) is 0 Å². The summed E-state index contributed by atoms with van der Waals surface area (Å²) in [6, 6.07) is 8.35. The highest BCUT2D eigenvalue weighted by molar-refractivity contribution is 7.51. The molecule has 10 nitrogen and oxygen atoms in total. The first-order valence-electron chi connectivity index (χ1n) is 14.1. The summed E-state index contributed by atoms with van der Waals surface area (Å²) in [5, 5.41) is 3.34. The summed E-state index contributed by atoms with van der Waals surface area (Å²) in [6.45, 7) is 3.16. The van der Waals surface area contributed by atoms with Gasteiger partial charge in [-0.2, -0.15) is 0 Å². The molecule has 3 aromatic rings. The lowest BCUT2D eigenvalue weighted by molar-refractivity contribution is -0.148. The predicted octanol–water partition coefficient (Wildman–Crippen LogP) is 4.02. The van der Waals surface area contributed by atoms with Crippen LogP contribution in [0.3, 0.4) is 0 Å². The number of hydrogen-bond donors (Lipinski definition) is 3. The molecular weight excluding hydrogens is 582 g/mol. The number of carbonyl (C=O) groups is 3. The number of nitrogens with zero attached hydrogens (tertiary/aromatic N) is 3. The van der Waals surface area contributed by atoms with Gasteiger partial charge in [-0.1, -0.05) is 6.07 Å². The number of likely N-dealkylation sites (tertiary alicyclic amines) is 1. The molecule has 0 spiro atoms. The zero-order valence-electron chi connectivity index (χ0n) is 23.0. The third kappa shape index (κ3) is 5.48. The Balaban J connectivity index is 1.13. The second-order valence-corrected chi connectivity index (χ2v) is 14.2. The molecule has 13 heteroatoms. The number of benzene rings is 1. The fraction of sp³-hybridized carbons (Fsp3) is 0.448. The van der Waals surface area contributed by atoms with E-state index in [2.05, 4.69) is 10.3 Å². The Morgan fingerprint density at radius 3 is 2.64 bits per heavy atom. The summed E-state index contributed by atoms with van der Waals surface area (Å²) in [5.74, 6) is -2.93. The fourth-order valence-electron chi connectivity index (χ4n) is 6.38. The molecule has 3 aliphatic heterocycles. The minimum Gasteiger partial charge on any atom is -0.340 e. The van der Waals surface area contributed by atoms with Gasteiger partial charge in [0.05, 0.1) is 4.88 Å². The molecule has 6 rings (SSSR count). The molecule has 0 bridgehead atoms. The third-order valence-electron chi connectivity index (χ3n) is 8.60. The quantitative estimate of drug-likeness (QED) is 0.357. The molecule has 3 N–H and O–H groups in total. The van der Waals surface area contributed by atoms with Gasteiger partial charge in [0.15, 0.2) is 0 Å². The maximum atomic E-state index is 14.2. The topological polar surface area (TPSA) is 140 Å². The molecule has 3 fully saturated rings. The van der Waals surface area contributed by atoms with Gasteiger partial charge in [-0.05, 0) is 85.9 Å². The second kappa shape index (κ2) is 11.1. The van der Waals surface area contributed by atoms with E-state index in [4.69, 9.17) is 0 Å². The normalized spacial score (nSPS) is 23.8. The largest absolute Gasteiger partial charge is 0.363 e. The first-order chi connectivity index (χ1) is 20.0. The Bertz CT molecular complexity index is 1600. The van der Waals surface area contributed by atoms with Crippen molar-refractivity contribution in [3.05, 3.63) is 64.3 Å². The number of alkyl halides is 1. The number of rotatable bonds is 6. The summed E-state index contributed by atoms with van der Waals surface area (Å²) < 4.78 is 26.2. The van der Waals surface area contributed by atoms with E-state index >= 15 is 0 Å². The number of nitrogens with one attached hydrogen (secondary N) is 1. The van der Waals surface area contributed by atoms with Gasteiger partial charge in [0.25, 0.3) is 5.91 Å². The van der Waals surface area contributed by atoms with Crippen LogP contribution in [0.15, 0.2) is 42.6 Å². The lowest BCUT2D eigenvalue weighted by atomic mass is 9.91. The summed E-state index contributed by atoms with van der Waals surface area (Å²) in [6.07, 6.45) is 5.12. The van der Waals surface area contributed by atoms with Gasteiger partial charge in [-0.25, -0.2) is 4.39 Å². The first kappa shape index (κ1) is 28.9. The van der Waals surface area contributed by atoms with Gasteiger partial charge in [0.2, 0.25) is 17.7 Å². The molecule has 1 unspecified atom stereocenters. The zero-order chi connectivity index (χ0) is 29.8. The monoisotopic (exact) mass is 614 g/mol. The van der Waals surface area contributed by atoms with Crippen molar-refractivity contribution in [3.8, 4) is 0 Å². The van der Waals surface area contributed by atoms with Crippen LogP contribution in [-0.2, 0) is 14.2 Å². The maximum Gasteiger partial charge on any atom is 0.363 e. The van der Waals surface area contributed by atoms with Crippen LogP contribution in [0.1, 0.15) is 70.4 Å². The Morgan fingerprint density at radius 2 is 1.90 bits per heavy atom. The molecule has 2 aromatic heterocycles. The van der Waals surface area contributed by atoms with Crippen LogP contribution >= 0.6 is 18.9 Å². The first-order valence-corrected chi connectivity index (χ1v) is 16.6. The van der Waals surface area contributed by atoms with Crippen molar-refractivity contribution in [3.63, 3.8) is 0 Å². The molecule has 222 valence electrons. The van der Waals surface area contributed by atoms with E-state index in [0.717, 1.165) is 41.9 Å². The van der Waals surface area contributed by atoms with Crippen LogP contribution in [0, 0.1) is 6.92 Å². The molecule has 4 atom stereocenters. The Morgan fingerprint density at radius 1 is 1.12 bits per heavy atom. The van der Waals surface area contributed by atoms with E-state index in [1.807, 2.05) is 24.0 Å². The summed E-state index contributed by atoms with van der Waals surface area (Å²) in [7, 11) is -4.96. The number of aryl methyl sites for hydroxylation is 1. The zero-order valence-corrected chi connectivity index (χ0v) is 24.7. The standard InChI is InChI=1S/C29H32FN4O6PS/c1-16-11-17(9-10-31-16)20-14-33(15-20)29(37)23-7-6-21-3-2-4-22(28(36)34(21)23)32-27(35)25-13-19-12-18(5-8-24(19)42-25)26(30)41(38,39)40/h5,8-13,20-23,26H,2-4,6-7,14-15H2,1H3,(H,32,35)(H2,38,39,40)/t21-,22-,23-,26?/m0/s1. The van der Waals surface area contributed by atoms with Gasteiger partial charge in [-0.3, -0.25) is 23.9 Å². The number of hydrogen-bond acceptors (Lipinski definition) is 6. The van der Waals surface area contributed by atoms with Gasteiger partial charge < -0.3 is 24.9 Å². The molecule has 3 saturated heterocycles. The Hall–Kier alpha value is -3.18. The van der Waals surface area contributed by atoms with E-state index in [1.54, 1.807) is 11.1 Å². The van der Waals surface area contributed by atoms with Crippen LogP contribution in [0.2, 0.25) is 0 Å². The van der Waals surface area contributed by atoms with Crippen molar-refractivity contribution >= 4 is 46.7 Å². The van der Waals surface area contributed by atoms with Crippen molar-refractivity contribution in [1.82, 2.24) is 20.1 Å².